The SMILES string of the molecule is CC(=O)CC(NC(C)C)C(N)=O. The Morgan fingerprint density at radius 2 is 1.92 bits per heavy atom. The van der Waals surface area contributed by atoms with Crippen molar-refractivity contribution in [3.05, 3.63) is 0 Å². The van der Waals surface area contributed by atoms with Crippen LogP contribution in [0.1, 0.15) is 27.2 Å². The van der Waals surface area contributed by atoms with Crippen molar-refractivity contribution >= 4 is 11.7 Å². The van der Waals surface area contributed by atoms with Gasteiger partial charge in [-0.15, -0.1) is 0 Å². The summed E-state index contributed by atoms with van der Waals surface area (Å²) in [6.07, 6.45) is 0.174. The molecule has 0 fully saturated rings. The van der Waals surface area contributed by atoms with E-state index in [1.165, 1.54) is 6.92 Å². The number of hydrogen-bond donors (Lipinski definition) is 2. The molecule has 4 nitrogen and oxygen atoms in total. The number of hydrogen-bond acceptors (Lipinski definition) is 3. The maximum absolute atomic E-state index is 10.8. The predicted octanol–water partition coefficient (Wildman–Crippen LogP) is -0.183. The van der Waals surface area contributed by atoms with Gasteiger partial charge in [-0.1, -0.05) is 13.8 Å². The molecule has 4 heteroatoms. The number of rotatable bonds is 5. The summed E-state index contributed by atoms with van der Waals surface area (Å²) in [4.78, 5) is 21.5. The summed E-state index contributed by atoms with van der Waals surface area (Å²) in [7, 11) is 0. The van der Waals surface area contributed by atoms with Gasteiger partial charge >= 0.3 is 0 Å². The van der Waals surface area contributed by atoms with Crippen LogP contribution in [0.15, 0.2) is 0 Å². The second-order valence-corrected chi connectivity index (χ2v) is 3.18. The number of ketones is 1. The molecule has 1 unspecified atom stereocenters. The number of nitrogens with two attached hydrogens (primary N) is 1. The Morgan fingerprint density at radius 1 is 1.42 bits per heavy atom. The Balaban J connectivity index is 4.04. The number of carbonyl (C=O) groups excluding carboxylic acids is 2. The van der Waals surface area contributed by atoms with Crippen LogP contribution in [0.3, 0.4) is 0 Å². The highest BCUT2D eigenvalue weighted by Crippen LogP contribution is 1.94. The minimum absolute atomic E-state index is 0.0352. The molecule has 0 aliphatic heterocycles. The number of Topliss-reactive ketones (excluding diaryl/α,β-unsaturated/α-hetero) is 1. The van der Waals surface area contributed by atoms with Gasteiger partial charge in [0.25, 0.3) is 0 Å². The van der Waals surface area contributed by atoms with Crippen LogP contribution in [0.25, 0.3) is 0 Å². The predicted molar refractivity (Wildman–Crippen MR) is 46.6 cm³/mol. The van der Waals surface area contributed by atoms with Gasteiger partial charge in [0.2, 0.25) is 5.91 Å². The molecule has 0 heterocycles. The molecule has 0 saturated heterocycles. The summed E-state index contributed by atoms with van der Waals surface area (Å²) in [5.41, 5.74) is 5.08. The standard InChI is InChI=1S/C8H16N2O2/c1-5(2)10-7(8(9)12)4-6(3)11/h5,7,10H,4H2,1-3H3,(H2,9,12). The molecule has 0 aliphatic rings. The van der Waals surface area contributed by atoms with E-state index < -0.39 is 11.9 Å². The van der Waals surface area contributed by atoms with Crippen molar-refractivity contribution in [1.82, 2.24) is 5.32 Å². The van der Waals surface area contributed by atoms with Gasteiger partial charge in [-0.3, -0.25) is 9.59 Å². The normalized spacial score (nSPS) is 13.0. The van der Waals surface area contributed by atoms with E-state index in [0.717, 1.165) is 0 Å². The minimum atomic E-state index is -0.525. The van der Waals surface area contributed by atoms with Crippen LogP contribution < -0.4 is 11.1 Å². The summed E-state index contributed by atoms with van der Waals surface area (Å²) in [5.74, 6) is -0.508. The summed E-state index contributed by atoms with van der Waals surface area (Å²) < 4.78 is 0. The molecule has 0 saturated carbocycles. The molecule has 1 amide bonds. The minimum Gasteiger partial charge on any atom is -0.368 e. The van der Waals surface area contributed by atoms with Crippen molar-refractivity contribution in [1.29, 1.82) is 0 Å². The molecule has 70 valence electrons. The number of amides is 1. The molecule has 0 radical (unpaired) electrons. The zero-order valence-electron chi connectivity index (χ0n) is 7.76. The molecule has 12 heavy (non-hydrogen) atoms. The van der Waals surface area contributed by atoms with Gasteiger partial charge in [0.05, 0.1) is 6.04 Å². The lowest BCUT2D eigenvalue weighted by molar-refractivity contribution is -0.124. The van der Waals surface area contributed by atoms with Crippen molar-refractivity contribution in [3.63, 3.8) is 0 Å². The number of nitrogens with one attached hydrogen (secondary N) is 1. The molecule has 0 aromatic heterocycles. The first-order valence-corrected chi connectivity index (χ1v) is 3.98. The third kappa shape index (κ3) is 4.85. The zero-order valence-corrected chi connectivity index (χ0v) is 7.76. The van der Waals surface area contributed by atoms with Crippen LogP contribution in [0.5, 0.6) is 0 Å². The maximum Gasteiger partial charge on any atom is 0.235 e. The summed E-state index contributed by atoms with van der Waals surface area (Å²) in [6.45, 7) is 5.24. The van der Waals surface area contributed by atoms with Gasteiger partial charge < -0.3 is 11.1 Å². The van der Waals surface area contributed by atoms with Crippen molar-refractivity contribution in [2.24, 2.45) is 5.73 Å². The third-order valence-corrected chi connectivity index (χ3v) is 1.37. The second-order valence-electron chi connectivity index (χ2n) is 3.18. The lowest BCUT2D eigenvalue weighted by Crippen LogP contribution is -2.45. The molecule has 0 spiro atoms. The quantitative estimate of drug-likeness (QED) is 0.604. The molecular formula is C8H16N2O2. The lowest BCUT2D eigenvalue weighted by atomic mass is 10.1. The number of carbonyl (C=O) groups is 2. The Kier molecular flexibility index (Phi) is 4.51. The zero-order chi connectivity index (χ0) is 9.72. The smallest absolute Gasteiger partial charge is 0.235 e. The van der Waals surface area contributed by atoms with E-state index in [1.807, 2.05) is 13.8 Å². The van der Waals surface area contributed by atoms with E-state index in [0.29, 0.717) is 0 Å². The number of primary amides is 1. The molecule has 0 aliphatic carbocycles. The van der Waals surface area contributed by atoms with Crippen LogP contribution in [-0.2, 0) is 9.59 Å². The molecule has 1 atom stereocenters. The van der Waals surface area contributed by atoms with E-state index in [1.54, 1.807) is 0 Å². The molecule has 0 bridgehead atoms. The van der Waals surface area contributed by atoms with E-state index in [-0.39, 0.29) is 18.2 Å². The maximum atomic E-state index is 10.8. The highest BCUT2D eigenvalue weighted by molar-refractivity contribution is 5.87. The molecule has 0 aromatic carbocycles. The monoisotopic (exact) mass is 172 g/mol. The Bertz CT molecular complexity index is 178. The topological polar surface area (TPSA) is 72.2 Å². The van der Waals surface area contributed by atoms with Crippen LogP contribution in [0.2, 0.25) is 0 Å². The summed E-state index contributed by atoms with van der Waals surface area (Å²) in [5, 5.41) is 2.92. The Hall–Kier alpha value is -0.900. The highest BCUT2D eigenvalue weighted by atomic mass is 16.1. The Labute approximate surface area is 72.5 Å². The van der Waals surface area contributed by atoms with E-state index in [4.69, 9.17) is 5.73 Å². The van der Waals surface area contributed by atoms with Gasteiger partial charge in [-0.05, 0) is 6.92 Å². The van der Waals surface area contributed by atoms with Gasteiger partial charge in [0, 0.05) is 12.5 Å². The van der Waals surface area contributed by atoms with Gasteiger partial charge in [0.15, 0.2) is 0 Å². The largest absolute Gasteiger partial charge is 0.368 e. The summed E-state index contributed by atoms with van der Waals surface area (Å²) in [6, 6.07) is -0.371. The third-order valence-electron chi connectivity index (χ3n) is 1.37. The fourth-order valence-electron chi connectivity index (χ4n) is 0.931. The van der Waals surface area contributed by atoms with Crippen LogP contribution in [0, 0.1) is 0 Å². The molecule has 0 rings (SSSR count). The van der Waals surface area contributed by atoms with Crippen LogP contribution >= 0.6 is 0 Å². The van der Waals surface area contributed by atoms with Crippen molar-refractivity contribution in [2.75, 3.05) is 0 Å². The fraction of sp³-hybridized carbons (Fsp3) is 0.750. The highest BCUT2D eigenvalue weighted by Gasteiger charge is 2.17. The van der Waals surface area contributed by atoms with Gasteiger partial charge in [0.1, 0.15) is 5.78 Å². The van der Waals surface area contributed by atoms with Crippen molar-refractivity contribution in [2.45, 2.75) is 39.3 Å². The first-order valence-electron chi connectivity index (χ1n) is 3.98. The van der Waals surface area contributed by atoms with Gasteiger partial charge in [-0.2, -0.15) is 0 Å². The first-order chi connectivity index (χ1) is 5.43. The van der Waals surface area contributed by atoms with Crippen LogP contribution in [-0.4, -0.2) is 23.8 Å². The molecule has 3 N–H and O–H groups in total. The van der Waals surface area contributed by atoms with Crippen LogP contribution in [0.4, 0.5) is 0 Å². The van der Waals surface area contributed by atoms with Gasteiger partial charge in [-0.25, -0.2) is 0 Å². The average Bonchev–Trinajstić information content (AvgIpc) is 1.83. The van der Waals surface area contributed by atoms with Crippen molar-refractivity contribution < 1.29 is 9.59 Å². The van der Waals surface area contributed by atoms with E-state index in [9.17, 15) is 9.59 Å². The molecular weight excluding hydrogens is 156 g/mol. The average molecular weight is 172 g/mol. The Morgan fingerprint density at radius 3 is 2.17 bits per heavy atom. The summed E-state index contributed by atoms with van der Waals surface area (Å²) >= 11 is 0. The van der Waals surface area contributed by atoms with E-state index >= 15 is 0 Å². The molecule has 0 aromatic rings. The van der Waals surface area contributed by atoms with Crippen molar-refractivity contribution in [3.8, 4) is 0 Å². The second kappa shape index (κ2) is 4.87. The fourth-order valence-corrected chi connectivity index (χ4v) is 0.931. The first kappa shape index (κ1) is 11.1. The van der Waals surface area contributed by atoms with E-state index in [2.05, 4.69) is 5.32 Å². The lowest BCUT2D eigenvalue weighted by Gasteiger charge is -2.16.